The maximum absolute atomic E-state index is 12.3. The standard InChI is InChI=1S/C21H27N3O3S/c1-2-28(26,27)24-15-7-11-18-16-19(12-13-20(18)24)23-21(25)22-14-6-10-17-8-4-3-5-9-17/h3-5,8-9,12-13,16H,2,6-7,10-11,14-15H2,1H3,(H2,22,23,25). The quantitative estimate of drug-likeness (QED) is 0.697. The van der Waals surface area contributed by atoms with Gasteiger partial charge in [-0.25, -0.2) is 13.2 Å². The van der Waals surface area contributed by atoms with Gasteiger partial charge in [-0.15, -0.1) is 0 Å². The Bertz CT molecular complexity index is 914. The van der Waals surface area contributed by atoms with Crippen molar-refractivity contribution in [1.82, 2.24) is 5.32 Å². The zero-order valence-electron chi connectivity index (χ0n) is 16.1. The van der Waals surface area contributed by atoms with Crippen molar-refractivity contribution < 1.29 is 13.2 Å². The molecule has 0 fully saturated rings. The first-order valence-electron chi connectivity index (χ1n) is 9.72. The van der Waals surface area contributed by atoms with E-state index in [1.54, 1.807) is 19.1 Å². The van der Waals surface area contributed by atoms with Gasteiger partial charge in [0.25, 0.3) is 0 Å². The molecule has 0 aromatic heterocycles. The number of amides is 2. The van der Waals surface area contributed by atoms with Gasteiger partial charge in [-0.05, 0) is 61.9 Å². The largest absolute Gasteiger partial charge is 0.338 e. The highest BCUT2D eigenvalue weighted by Crippen LogP contribution is 2.31. The SMILES string of the molecule is CCS(=O)(=O)N1CCCc2cc(NC(=O)NCCCc3ccccc3)ccc21. The Morgan fingerprint density at radius 1 is 1.14 bits per heavy atom. The van der Waals surface area contributed by atoms with Crippen LogP contribution in [0, 0.1) is 0 Å². The molecule has 7 heteroatoms. The van der Waals surface area contributed by atoms with Gasteiger partial charge < -0.3 is 10.6 Å². The van der Waals surface area contributed by atoms with Crippen LogP contribution >= 0.6 is 0 Å². The Morgan fingerprint density at radius 2 is 1.93 bits per heavy atom. The average molecular weight is 402 g/mol. The van der Waals surface area contributed by atoms with Crippen LogP contribution in [0.5, 0.6) is 0 Å². The van der Waals surface area contributed by atoms with E-state index >= 15 is 0 Å². The van der Waals surface area contributed by atoms with E-state index < -0.39 is 10.0 Å². The number of urea groups is 1. The molecule has 0 aliphatic carbocycles. The summed E-state index contributed by atoms with van der Waals surface area (Å²) in [6.45, 7) is 2.76. The maximum atomic E-state index is 12.3. The summed E-state index contributed by atoms with van der Waals surface area (Å²) in [7, 11) is -3.27. The van der Waals surface area contributed by atoms with Crippen LogP contribution in [0.4, 0.5) is 16.2 Å². The van der Waals surface area contributed by atoms with Crippen molar-refractivity contribution in [1.29, 1.82) is 0 Å². The molecule has 1 aliphatic heterocycles. The van der Waals surface area contributed by atoms with Crippen LogP contribution in [0.25, 0.3) is 0 Å². The van der Waals surface area contributed by atoms with Gasteiger partial charge in [0.05, 0.1) is 11.4 Å². The van der Waals surface area contributed by atoms with E-state index in [-0.39, 0.29) is 11.8 Å². The highest BCUT2D eigenvalue weighted by molar-refractivity contribution is 7.92. The molecule has 1 heterocycles. The van der Waals surface area contributed by atoms with Gasteiger partial charge in [0.15, 0.2) is 0 Å². The van der Waals surface area contributed by atoms with Crippen molar-refractivity contribution in [2.75, 3.05) is 28.5 Å². The lowest BCUT2D eigenvalue weighted by Gasteiger charge is -2.30. The van der Waals surface area contributed by atoms with Gasteiger partial charge in [0.2, 0.25) is 10.0 Å². The molecule has 0 saturated heterocycles. The van der Waals surface area contributed by atoms with Crippen molar-refractivity contribution in [2.45, 2.75) is 32.6 Å². The summed E-state index contributed by atoms with van der Waals surface area (Å²) in [5.41, 5.74) is 3.60. The van der Waals surface area contributed by atoms with E-state index in [2.05, 4.69) is 22.8 Å². The predicted octanol–water partition coefficient (Wildman–Crippen LogP) is 3.54. The minimum absolute atomic E-state index is 0.0812. The molecule has 0 radical (unpaired) electrons. The number of nitrogens with zero attached hydrogens (tertiary/aromatic N) is 1. The van der Waals surface area contributed by atoms with Crippen LogP contribution in [0.3, 0.4) is 0 Å². The number of sulfonamides is 1. The van der Waals surface area contributed by atoms with Crippen LogP contribution in [-0.2, 0) is 22.9 Å². The maximum Gasteiger partial charge on any atom is 0.319 e. The van der Waals surface area contributed by atoms with Gasteiger partial charge in [-0.3, -0.25) is 4.31 Å². The molecule has 3 rings (SSSR count). The lowest BCUT2D eigenvalue weighted by atomic mass is 10.0. The van der Waals surface area contributed by atoms with Crippen LogP contribution in [-0.4, -0.2) is 33.3 Å². The van der Waals surface area contributed by atoms with Crippen LogP contribution in [0.1, 0.15) is 30.9 Å². The highest BCUT2D eigenvalue weighted by atomic mass is 32.2. The van der Waals surface area contributed by atoms with Crippen LogP contribution < -0.4 is 14.9 Å². The topological polar surface area (TPSA) is 78.5 Å². The monoisotopic (exact) mass is 401 g/mol. The molecule has 2 aromatic carbocycles. The lowest BCUT2D eigenvalue weighted by molar-refractivity contribution is 0.252. The van der Waals surface area contributed by atoms with E-state index in [0.717, 1.165) is 36.9 Å². The summed E-state index contributed by atoms with van der Waals surface area (Å²) >= 11 is 0. The number of rotatable bonds is 7. The van der Waals surface area contributed by atoms with E-state index in [9.17, 15) is 13.2 Å². The fraction of sp³-hybridized carbons (Fsp3) is 0.381. The third kappa shape index (κ3) is 5.04. The summed E-state index contributed by atoms with van der Waals surface area (Å²) in [6, 6.07) is 15.3. The van der Waals surface area contributed by atoms with E-state index in [1.807, 2.05) is 24.3 Å². The molecule has 2 amide bonds. The molecule has 6 nitrogen and oxygen atoms in total. The molecule has 1 aliphatic rings. The molecule has 0 bridgehead atoms. The first-order chi connectivity index (χ1) is 13.5. The Balaban J connectivity index is 1.54. The Labute approximate surface area is 167 Å². The second-order valence-electron chi connectivity index (χ2n) is 6.89. The molecule has 2 N–H and O–H groups in total. The van der Waals surface area contributed by atoms with Gasteiger partial charge in [-0.2, -0.15) is 0 Å². The van der Waals surface area contributed by atoms with E-state index in [1.165, 1.54) is 9.87 Å². The van der Waals surface area contributed by atoms with Crippen LogP contribution in [0.15, 0.2) is 48.5 Å². The second-order valence-corrected chi connectivity index (χ2v) is 9.07. The summed E-state index contributed by atoms with van der Waals surface area (Å²) in [4.78, 5) is 12.1. The van der Waals surface area contributed by atoms with Crippen molar-refractivity contribution in [3.8, 4) is 0 Å². The summed E-state index contributed by atoms with van der Waals surface area (Å²) in [6.07, 6.45) is 3.37. The first kappa shape index (κ1) is 20.2. The fourth-order valence-corrected chi connectivity index (χ4v) is 4.60. The third-order valence-corrected chi connectivity index (χ3v) is 6.67. The number of anilines is 2. The molecule has 0 unspecified atom stereocenters. The number of carbonyl (C=O) groups excluding carboxylic acids is 1. The molecule has 150 valence electrons. The molecule has 28 heavy (non-hydrogen) atoms. The second kappa shape index (κ2) is 9.10. The molecule has 0 saturated carbocycles. The minimum Gasteiger partial charge on any atom is -0.338 e. The van der Waals surface area contributed by atoms with Gasteiger partial charge in [0.1, 0.15) is 0 Å². The number of benzene rings is 2. The number of hydrogen-bond donors (Lipinski definition) is 2. The summed E-state index contributed by atoms with van der Waals surface area (Å²) in [5.74, 6) is 0.0812. The smallest absolute Gasteiger partial charge is 0.319 e. The molecule has 0 atom stereocenters. The predicted molar refractivity (Wildman–Crippen MR) is 113 cm³/mol. The molecular weight excluding hydrogens is 374 g/mol. The number of carbonyl (C=O) groups is 1. The zero-order valence-corrected chi connectivity index (χ0v) is 17.0. The van der Waals surface area contributed by atoms with Gasteiger partial charge in [0, 0.05) is 18.8 Å². The third-order valence-electron chi connectivity index (χ3n) is 4.88. The number of fused-ring (bicyclic) bond motifs is 1. The summed E-state index contributed by atoms with van der Waals surface area (Å²) in [5, 5.41) is 5.71. The normalized spacial score (nSPS) is 13.7. The Hall–Kier alpha value is -2.54. The first-order valence-corrected chi connectivity index (χ1v) is 11.3. The van der Waals surface area contributed by atoms with E-state index in [4.69, 9.17) is 0 Å². The van der Waals surface area contributed by atoms with Crippen molar-refractivity contribution >= 4 is 27.4 Å². The van der Waals surface area contributed by atoms with Crippen molar-refractivity contribution in [3.05, 3.63) is 59.7 Å². The average Bonchev–Trinajstić information content (AvgIpc) is 2.71. The van der Waals surface area contributed by atoms with Crippen LogP contribution in [0.2, 0.25) is 0 Å². The number of aryl methyl sites for hydroxylation is 2. The van der Waals surface area contributed by atoms with Crippen molar-refractivity contribution in [2.24, 2.45) is 0 Å². The Kier molecular flexibility index (Phi) is 6.57. The Morgan fingerprint density at radius 3 is 2.68 bits per heavy atom. The van der Waals surface area contributed by atoms with E-state index in [0.29, 0.717) is 18.8 Å². The zero-order chi connectivity index (χ0) is 20.0. The number of hydrogen-bond acceptors (Lipinski definition) is 3. The fourth-order valence-electron chi connectivity index (χ4n) is 3.40. The summed E-state index contributed by atoms with van der Waals surface area (Å²) < 4.78 is 26.0. The van der Waals surface area contributed by atoms with Crippen molar-refractivity contribution in [3.63, 3.8) is 0 Å². The van der Waals surface area contributed by atoms with Gasteiger partial charge in [-0.1, -0.05) is 30.3 Å². The highest BCUT2D eigenvalue weighted by Gasteiger charge is 2.26. The van der Waals surface area contributed by atoms with Gasteiger partial charge >= 0.3 is 6.03 Å². The molecule has 2 aromatic rings. The minimum atomic E-state index is -3.27. The lowest BCUT2D eigenvalue weighted by Crippen LogP contribution is -2.36. The molecule has 0 spiro atoms. The molecular formula is C21H27N3O3S. The number of nitrogens with one attached hydrogen (secondary N) is 2.